The smallest absolute Gasteiger partial charge is 0.136 e. The molecule has 0 aliphatic heterocycles. The number of aromatic nitrogens is 2. The second-order valence-electron chi connectivity index (χ2n) is 5.07. The topological polar surface area (TPSA) is 43.3 Å². The number of imidazole rings is 1. The van der Waals surface area contributed by atoms with Crippen LogP contribution < -0.4 is 5.73 Å². The molecule has 1 aliphatic carbocycles. The van der Waals surface area contributed by atoms with Crippen LogP contribution in [0.25, 0.3) is 5.65 Å². The number of pyridine rings is 1. The van der Waals surface area contributed by atoms with Crippen LogP contribution in [-0.2, 0) is 6.42 Å². The summed E-state index contributed by atoms with van der Waals surface area (Å²) in [5.41, 5.74) is 9.65. The Kier molecular flexibility index (Phi) is 2.04. The van der Waals surface area contributed by atoms with Gasteiger partial charge in [0.1, 0.15) is 5.65 Å². The molecule has 16 heavy (non-hydrogen) atoms. The van der Waals surface area contributed by atoms with E-state index in [0.717, 1.165) is 24.2 Å². The fourth-order valence-corrected chi connectivity index (χ4v) is 2.06. The third kappa shape index (κ3) is 1.83. The maximum Gasteiger partial charge on any atom is 0.136 e. The highest BCUT2D eigenvalue weighted by molar-refractivity contribution is 5.41. The number of hydrogen-bond donors (Lipinski definition) is 1. The van der Waals surface area contributed by atoms with Crippen LogP contribution in [0, 0.1) is 6.92 Å². The molecular formula is C13H17N3. The molecule has 0 radical (unpaired) electrons. The van der Waals surface area contributed by atoms with Gasteiger partial charge < -0.3 is 10.1 Å². The zero-order valence-corrected chi connectivity index (χ0v) is 9.61. The van der Waals surface area contributed by atoms with Crippen molar-refractivity contribution in [2.24, 2.45) is 5.73 Å². The summed E-state index contributed by atoms with van der Waals surface area (Å²) in [5.74, 6) is 0. The molecule has 0 saturated heterocycles. The highest BCUT2D eigenvalue weighted by Crippen LogP contribution is 2.36. The summed E-state index contributed by atoms with van der Waals surface area (Å²) < 4.78 is 2.10. The van der Waals surface area contributed by atoms with Crippen molar-refractivity contribution in [2.75, 3.05) is 0 Å². The molecule has 0 bridgehead atoms. The average Bonchev–Trinajstić information content (AvgIpc) is 2.85. The number of aryl methyl sites for hydroxylation is 2. The van der Waals surface area contributed by atoms with Gasteiger partial charge in [0.15, 0.2) is 0 Å². The molecule has 0 spiro atoms. The Morgan fingerprint density at radius 2 is 2.19 bits per heavy atom. The molecule has 2 aromatic rings. The molecular weight excluding hydrogens is 198 g/mol. The van der Waals surface area contributed by atoms with E-state index in [1.54, 1.807) is 0 Å². The Morgan fingerprint density at radius 1 is 1.38 bits per heavy atom. The van der Waals surface area contributed by atoms with Gasteiger partial charge in [-0.25, -0.2) is 4.98 Å². The molecule has 0 unspecified atom stereocenters. The predicted molar refractivity (Wildman–Crippen MR) is 64.4 cm³/mol. The molecule has 2 aromatic heterocycles. The zero-order valence-electron chi connectivity index (χ0n) is 9.61. The summed E-state index contributed by atoms with van der Waals surface area (Å²) in [6.07, 6.45) is 8.65. The summed E-state index contributed by atoms with van der Waals surface area (Å²) in [6, 6.07) is 4.16. The lowest BCUT2D eigenvalue weighted by Gasteiger charge is -2.04. The lowest BCUT2D eigenvalue weighted by molar-refractivity contribution is 0.604. The SMILES string of the molecule is Cc1ccc2nc(CCC3(N)CC3)cn2c1. The van der Waals surface area contributed by atoms with Gasteiger partial charge in [0.05, 0.1) is 5.69 Å². The Balaban J connectivity index is 1.82. The van der Waals surface area contributed by atoms with Crippen LogP contribution in [0.2, 0.25) is 0 Å². The molecule has 1 aliphatic rings. The van der Waals surface area contributed by atoms with E-state index in [0.29, 0.717) is 0 Å². The van der Waals surface area contributed by atoms with Gasteiger partial charge in [-0.3, -0.25) is 0 Å². The number of rotatable bonds is 3. The van der Waals surface area contributed by atoms with Crippen molar-refractivity contribution < 1.29 is 0 Å². The fourth-order valence-electron chi connectivity index (χ4n) is 2.06. The Hall–Kier alpha value is -1.35. The minimum atomic E-state index is 0.131. The second kappa shape index (κ2) is 3.32. The van der Waals surface area contributed by atoms with Crippen molar-refractivity contribution in [3.63, 3.8) is 0 Å². The fraction of sp³-hybridized carbons (Fsp3) is 0.462. The van der Waals surface area contributed by atoms with E-state index in [4.69, 9.17) is 5.73 Å². The predicted octanol–water partition coefficient (Wildman–Crippen LogP) is 2.07. The van der Waals surface area contributed by atoms with Gasteiger partial charge in [-0.15, -0.1) is 0 Å². The average molecular weight is 215 g/mol. The Bertz CT molecular complexity index is 523. The van der Waals surface area contributed by atoms with E-state index >= 15 is 0 Å². The first-order valence-corrected chi connectivity index (χ1v) is 5.88. The molecule has 84 valence electrons. The molecule has 2 heterocycles. The van der Waals surface area contributed by atoms with Crippen LogP contribution in [0.3, 0.4) is 0 Å². The van der Waals surface area contributed by atoms with Crippen LogP contribution in [0.5, 0.6) is 0 Å². The summed E-state index contributed by atoms with van der Waals surface area (Å²) in [5, 5.41) is 0. The summed E-state index contributed by atoms with van der Waals surface area (Å²) >= 11 is 0. The molecule has 1 saturated carbocycles. The zero-order chi connectivity index (χ0) is 11.2. The minimum absolute atomic E-state index is 0.131. The quantitative estimate of drug-likeness (QED) is 0.851. The van der Waals surface area contributed by atoms with Gasteiger partial charge in [-0.2, -0.15) is 0 Å². The van der Waals surface area contributed by atoms with Gasteiger partial charge in [0, 0.05) is 17.9 Å². The van der Waals surface area contributed by atoms with Crippen molar-refractivity contribution in [2.45, 2.75) is 38.1 Å². The number of fused-ring (bicyclic) bond motifs is 1. The third-order valence-electron chi connectivity index (χ3n) is 3.42. The molecule has 1 fully saturated rings. The maximum absolute atomic E-state index is 6.08. The summed E-state index contributed by atoms with van der Waals surface area (Å²) in [7, 11) is 0. The first kappa shape index (κ1) is 9.85. The highest BCUT2D eigenvalue weighted by atomic mass is 15.0. The van der Waals surface area contributed by atoms with E-state index in [9.17, 15) is 0 Å². The van der Waals surface area contributed by atoms with Crippen LogP contribution in [0.4, 0.5) is 0 Å². The standard InChI is InChI=1S/C13H17N3/c1-10-2-3-12-15-11(9-16(12)8-10)4-5-13(14)6-7-13/h2-3,8-9H,4-7,14H2,1H3. The molecule has 3 nitrogen and oxygen atoms in total. The molecule has 0 aromatic carbocycles. The lowest BCUT2D eigenvalue weighted by atomic mass is 10.1. The van der Waals surface area contributed by atoms with E-state index in [1.807, 2.05) is 0 Å². The molecule has 3 rings (SSSR count). The molecule has 0 atom stereocenters. The lowest BCUT2D eigenvalue weighted by Crippen LogP contribution is -2.22. The van der Waals surface area contributed by atoms with Crippen molar-refractivity contribution in [3.8, 4) is 0 Å². The van der Waals surface area contributed by atoms with Crippen molar-refractivity contribution in [1.29, 1.82) is 0 Å². The monoisotopic (exact) mass is 215 g/mol. The third-order valence-corrected chi connectivity index (χ3v) is 3.42. The Labute approximate surface area is 95.3 Å². The van der Waals surface area contributed by atoms with E-state index < -0.39 is 0 Å². The van der Waals surface area contributed by atoms with Crippen LogP contribution >= 0.6 is 0 Å². The van der Waals surface area contributed by atoms with Gasteiger partial charge in [0.2, 0.25) is 0 Å². The van der Waals surface area contributed by atoms with E-state index in [2.05, 4.69) is 40.8 Å². The highest BCUT2D eigenvalue weighted by Gasteiger charge is 2.37. The van der Waals surface area contributed by atoms with Crippen molar-refractivity contribution in [3.05, 3.63) is 35.8 Å². The van der Waals surface area contributed by atoms with Crippen LogP contribution in [0.1, 0.15) is 30.5 Å². The molecule has 2 N–H and O–H groups in total. The first-order valence-electron chi connectivity index (χ1n) is 5.88. The van der Waals surface area contributed by atoms with Crippen LogP contribution in [0.15, 0.2) is 24.5 Å². The van der Waals surface area contributed by atoms with Crippen LogP contribution in [-0.4, -0.2) is 14.9 Å². The normalized spacial score (nSPS) is 17.9. The second-order valence-corrected chi connectivity index (χ2v) is 5.07. The number of hydrogen-bond acceptors (Lipinski definition) is 2. The van der Waals surface area contributed by atoms with Crippen molar-refractivity contribution >= 4 is 5.65 Å². The van der Waals surface area contributed by atoms with Gasteiger partial charge in [0.25, 0.3) is 0 Å². The summed E-state index contributed by atoms with van der Waals surface area (Å²) in [6.45, 7) is 2.10. The van der Waals surface area contributed by atoms with Gasteiger partial charge >= 0.3 is 0 Å². The largest absolute Gasteiger partial charge is 0.325 e. The van der Waals surface area contributed by atoms with Gasteiger partial charge in [-0.1, -0.05) is 6.07 Å². The Morgan fingerprint density at radius 3 is 2.94 bits per heavy atom. The summed E-state index contributed by atoms with van der Waals surface area (Å²) in [4.78, 5) is 4.59. The molecule has 3 heteroatoms. The minimum Gasteiger partial charge on any atom is -0.325 e. The number of nitrogens with zero attached hydrogens (tertiary/aromatic N) is 2. The van der Waals surface area contributed by atoms with E-state index in [1.165, 1.54) is 18.4 Å². The van der Waals surface area contributed by atoms with Crippen molar-refractivity contribution in [1.82, 2.24) is 9.38 Å². The van der Waals surface area contributed by atoms with Gasteiger partial charge in [-0.05, 0) is 44.2 Å². The number of nitrogens with two attached hydrogens (primary N) is 1. The maximum atomic E-state index is 6.08. The first-order chi connectivity index (χ1) is 7.65. The van der Waals surface area contributed by atoms with E-state index in [-0.39, 0.29) is 5.54 Å². The molecule has 0 amide bonds.